The Bertz CT molecular complexity index is 630. The first-order valence-electron chi connectivity index (χ1n) is 5.27. The Labute approximate surface area is 102 Å². The highest BCUT2D eigenvalue weighted by atomic mass is 19.1. The molecular weight excluding hydrogens is 239 g/mol. The molecule has 1 amide bonds. The van der Waals surface area contributed by atoms with Gasteiger partial charge in [-0.15, -0.1) is 0 Å². The van der Waals surface area contributed by atoms with E-state index in [2.05, 4.69) is 5.32 Å². The van der Waals surface area contributed by atoms with Crippen molar-refractivity contribution in [3.8, 4) is 11.1 Å². The molecule has 0 aliphatic heterocycles. The summed E-state index contributed by atoms with van der Waals surface area (Å²) in [4.78, 5) is 22.3. The molecule has 2 rings (SSSR count). The van der Waals surface area contributed by atoms with Crippen LogP contribution in [0, 0.1) is 5.82 Å². The van der Waals surface area contributed by atoms with Crippen LogP contribution in [-0.4, -0.2) is 10.6 Å². The van der Waals surface area contributed by atoms with Crippen molar-refractivity contribution in [2.24, 2.45) is 0 Å². The van der Waals surface area contributed by atoms with Crippen LogP contribution < -0.4 is 10.9 Å². The number of aromatic nitrogens is 1. The van der Waals surface area contributed by atoms with Gasteiger partial charge in [-0.2, -0.15) is 4.74 Å². The minimum Gasteiger partial charge on any atom is -0.336 e. The van der Waals surface area contributed by atoms with Gasteiger partial charge >= 0.3 is 5.63 Å². The number of carbonyl (C=O) groups is 1. The summed E-state index contributed by atoms with van der Waals surface area (Å²) in [5.74, 6) is -0.667. The van der Waals surface area contributed by atoms with Gasteiger partial charge in [-0.25, -0.2) is 9.18 Å². The van der Waals surface area contributed by atoms with Crippen molar-refractivity contribution in [2.75, 3.05) is 0 Å². The van der Waals surface area contributed by atoms with Gasteiger partial charge in [-0.1, -0.05) is 12.1 Å². The summed E-state index contributed by atoms with van der Waals surface area (Å²) in [6, 6.07) is 5.65. The highest BCUT2D eigenvalue weighted by molar-refractivity contribution is 5.72. The first-order chi connectivity index (χ1) is 8.56. The third-order valence-electron chi connectivity index (χ3n) is 2.31. The second kappa shape index (κ2) is 4.87. The van der Waals surface area contributed by atoms with E-state index in [9.17, 15) is 14.0 Å². The average Bonchev–Trinajstić information content (AvgIpc) is 2.68. The molecule has 1 N–H and O–H groups in total. The number of hydrogen-bond donors (Lipinski definition) is 1. The van der Waals surface area contributed by atoms with Gasteiger partial charge in [0.15, 0.2) is 0 Å². The highest BCUT2D eigenvalue weighted by Gasteiger charge is 2.09. The first kappa shape index (κ1) is 12.1. The van der Waals surface area contributed by atoms with Crippen molar-refractivity contribution < 1.29 is 13.7 Å². The minimum absolute atomic E-state index is 0.0554. The number of nitrogens with one attached hydrogen (secondary N) is 1. The van der Waals surface area contributed by atoms with Crippen molar-refractivity contribution >= 4 is 5.91 Å². The zero-order valence-electron chi connectivity index (χ0n) is 9.64. The Hall–Kier alpha value is -2.37. The van der Waals surface area contributed by atoms with E-state index in [4.69, 9.17) is 4.52 Å². The van der Waals surface area contributed by atoms with Crippen molar-refractivity contribution in [3.63, 3.8) is 0 Å². The van der Waals surface area contributed by atoms with Crippen LogP contribution >= 0.6 is 0 Å². The molecule has 1 aromatic heterocycles. The van der Waals surface area contributed by atoms with Crippen molar-refractivity contribution in [2.45, 2.75) is 13.6 Å². The third-order valence-corrected chi connectivity index (χ3v) is 2.31. The summed E-state index contributed by atoms with van der Waals surface area (Å²) >= 11 is 0. The minimum atomic E-state index is -0.578. The smallest absolute Gasteiger partial charge is 0.336 e. The number of carbonyl (C=O) groups excluding carboxylic acids is 1. The van der Waals surface area contributed by atoms with Crippen molar-refractivity contribution in [1.29, 1.82) is 0 Å². The topological polar surface area (TPSA) is 64.2 Å². The van der Waals surface area contributed by atoms with Crippen molar-refractivity contribution in [3.05, 3.63) is 46.7 Å². The summed E-state index contributed by atoms with van der Waals surface area (Å²) < 4.78 is 19.1. The lowest BCUT2D eigenvalue weighted by Crippen LogP contribution is -2.22. The largest absolute Gasteiger partial charge is 0.365 e. The van der Waals surface area contributed by atoms with Crippen LogP contribution in [0.1, 0.15) is 6.92 Å². The molecule has 6 heteroatoms. The number of amides is 1. The van der Waals surface area contributed by atoms with Gasteiger partial charge < -0.3 is 9.84 Å². The van der Waals surface area contributed by atoms with Crippen molar-refractivity contribution in [1.82, 2.24) is 10.1 Å². The van der Waals surface area contributed by atoms with Crippen LogP contribution in [0.25, 0.3) is 11.1 Å². The Morgan fingerprint density at radius 2 is 2.28 bits per heavy atom. The Kier molecular flexibility index (Phi) is 3.27. The van der Waals surface area contributed by atoms with E-state index in [1.807, 2.05) is 0 Å². The fourth-order valence-corrected chi connectivity index (χ4v) is 1.49. The molecule has 0 aliphatic carbocycles. The lowest BCUT2D eigenvalue weighted by Gasteiger charge is -1.99. The molecule has 5 nitrogen and oxygen atoms in total. The molecule has 0 saturated carbocycles. The quantitative estimate of drug-likeness (QED) is 0.894. The Balaban J connectivity index is 2.29. The van der Waals surface area contributed by atoms with Gasteiger partial charge in [0.2, 0.25) is 5.91 Å². The van der Waals surface area contributed by atoms with Gasteiger partial charge in [0.05, 0.1) is 11.8 Å². The lowest BCUT2D eigenvalue weighted by atomic mass is 10.1. The summed E-state index contributed by atoms with van der Waals surface area (Å²) in [5, 5.41) is 2.48. The van der Waals surface area contributed by atoms with Crippen LogP contribution in [0.5, 0.6) is 0 Å². The monoisotopic (exact) mass is 250 g/mol. The predicted molar refractivity (Wildman–Crippen MR) is 62.2 cm³/mol. The summed E-state index contributed by atoms with van der Waals surface area (Å²) in [7, 11) is 0. The van der Waals surface area contributed by atoms with Gasteiger partial charge in [0.25, 0.3) is 0 Å². The molecule has 0 spiro atoms. The average molecular weight is 250 g/mol. The standard InChI is InChI=1S/C12H11FN2O3/c1-8(16)14-7-15-6-11(12(17)18-15)9-3-2-4-10(13)5-9/h2-6H,7H2,1H3,(H,14,16). The molecule has 94 valence electrons. The number of rotatable bonds is 3. The molecule has 0 saturated heterocycles. The molecule has 0 radical (unpaired) electrons. The maximum absolute atomic E-state index is 13.0. The molecule has 2 aromatic rings. The number of hydrogen-bond acceptors (Lipinski definition) is 3. The Morgan fingerprint density at radius 3 is 2.94 bits per heavy atom. The second-order valence-electron chi connectivity index (χ2n) is 3.74. The molecular formula is C12H11FN2O3. The highest BCUT2D eigenvalue weighted by Crippen LogP contribution is 2.16. The first-order valence-corrected chi connectivity index (χ1v) is 5.27. The van der Waals surface area contributed by atoms with E-state index in [1.54, 1.807) is 6.07 Å². The zero-order valence-corrected chi connectivity index (χ0v) is 9.64. The molecule has 0 bridgehead atoms. The number of benzene rings is 1. The summed E-state index contributed by atoms with van der Waals surface area (Å²) in [6.45, 7) is 1.41. The summed E-state index contributed by atoms with van der Waals surface area (Å²) in [5.41, 5.74) is 0.108. The van der Waals surface area contributed by atoms with E-state index >= 15 is 0 Å². The van der Waals surface area contributed by atoms with Gasteiger partial charge in [0, 0.05) is 6.92 Å². The van der Waals surface area contributed by atoms with E-state index < -0.39 is 11.4 Å². The molecule has 18 heavy (non-hydrogen) atoms. The Morgan fingerprint density at radius 1 is 1.50 bits per heavy atom. The fourth-order valence-electron chi connectivity index (χ4n) is 1.49. The SMILES string of the molecule is CC(=O)NCn1cc(-c2cccc(F)c2)c(=O)o1. The molecule has 0 aliphatic rings. The van der Waals surface area contributed by atoms with Crippen LogP contribution in [0.4, 0.5) is 4.39 Å². The van der Waals surface area contributed by atoms with Gasteiger partial charge in [0.1, 0.15) is 12.5 Å². The van der Waals surface area contributed by atoms with Crippen LogP contribution in [0.2, 0.25) is 0 Å². The second-order valence-corrected chi connectivity index (χ2v) is 3.74. The third kappa shape index (κ3) is 2.65. The molecule has 0 atom stereocenters. The number of halogens is 1. The number of nitrogens with zero attached hydrogens (tertiary/aromatic N) is 1. The van der Waals surface area contributed by atoms with E-state index in [1.165, 1.54) is 36.1 Å². The summed E-state index contributed by atoms with van der Waals surface area (Å²) in [6.07, 6.45) is 1.42. The van der Waals surface area contributed by atoms with Crippen LogP contribution in [-0.2, 0) is 11.5 Å². The van der Waals surface area contributed by atoms with Gasteiger partial charge in [-0.05, 0) is 17.7 Å². The normalized spacial score (nSPS) is 10.3. The maximum atomic E-state index is 13.0. The van der Waals surface area contributed by atoms with E-state index in [0.29, 0.717) is 5.56 Å². The zero-order chi connectivity index (χ0) is 13.1. The molecule has 0 unspecified atom stereocenters. The fraction of sp³-hybridized carbons (Fsp3) is 0.167. The van der Waals surface area contributed by atoms with Gasteiger partial charge in [-0.3, -0.25) is 4.79 Å². The molecule has 1 aromatic carbocycles. The lowest BCUT2D eigenvalue weighted by molar-refractivity contribution is -0.119. The van der Waals surface area contributed by atoms with Crippen LogP contribution in [0.15, 0.2) is 39.8 Å². The molecule has 1 heterocycles. The maximum Gasteiger partial charge on any atom is 0.365 e. The van der Waals surface area contributed by atoms with E-state index in [0.717, 1.165) is 0 Å². The van der Waals surface area contributed by atoms with Crippen LogP contribution in [0.3, 0.4) is 0 Å². The predicted octanol–water partition coefficient (Wildman–Crippen LogP) is 1.34. The molecule has 0 fully saturated rings. The van der Waals surface area contributed by atoms with E-state index in [-0.39, 0.29) is 18.1 Å².